The Morgan fingerprint density at radius 1 is 0.975 bits per heavy atom. The summed E-state index contributed by atoms with van der Waals surface area (Å²) in [7, 11) is -1.83. The maximum atomic E-state index is 13.5. The molecule has 40 heavy (non-hydrogen) atoms. The van der Waals surface area contributed by atoms with Crippen molar-refractivity contribution >= 4 is 14.4 Å². The highest BCUT2D eigenvalue weighted by Crippen LogP contribution is 2.37. The van der Waals surface area contributed by atoms with Gasteiger partial charge in [-0.15, -0.1) is 0 Å². The van der Waals surface area contributed by atoms with Crippen LogP contribution in [0.3, 0.4) is 0 Å². The van der Waals surface area contributed by atoms with Crippen LogP contribution >= 0.6 is 0 Å². The number of hydrogen-bond donors (Lipinski definition) is 0. The van der Waals surface area contributed by atoms with Crippen molar-refractivity contribution in [3.05, 3.63) is 71.8 Å². The zero-order valence-corrected chi connectivity index (χ0v) is 27.3. The van der Waals surface area contributed by atoms with E-state index in [1.54, 1.807) is 4.90 Å². The van der Waals surface area contributed by atoms with Crippen LogP contribution in [0.5, 0.6) is 0 Å². The normalized spacial score (nSPS) is 17.7. The predicted molar refractivity (Wildman–Crippen MR) is 166 cm³/mol. The van der Waals surface area contributed by atoms with Crippen LogP contribution in [0.1, 0.15) is 72.4 Å². The molecule has 0 bridgehead atoms. The number of amides is 1. The van der Waals surface area contributed by atoms with Gasteiger partial charge in [-0.25, -0.2) is 4.79 Å². The van der Waals surface area contributed by atoms with Crippen LogP contribution in [-0.4, -0.2) is 61.3 Å². The Balaban J connectivity index is 1.80. The van der Waals surface area contributed by atoms with E-state index < -0.39 is 19.6 Å². The van der Waals surface area contributed by atoms with E-state index in [2.05, 4.69) is 87.3 Å². The highest BCUT2D eigenvalue weighted by atomic mass is 28.4. The number of nitrogens with zero attached hydrogens (tertiary/aromatic N) is 2. The van der Waals surface area contributed by atoms with Gasteiger partial charge in [-0.05, 0) is 69.8 Å². The molecule has 1 amide bonds. The molecule has 6 nitrogen and oxygen atoms in total. The fourth-order valence-corrected chi connectivity index (χ4v) is 6.18. The number of rotatable bonds is 12. The van der Waals surface area contributed by atoms with Crippen molar-refractivity contribution in [1.82, 2.24) is 9.80 Å². The van der Waals surface area contributed by atoms with Crippen molar-refractivity contribution in [2.45, 2.75) is 110 Å². The van der Waals surface area contributed by atoms with Gasteiger partial charge in [-0.3, -0.25) is 9.80 Å². The molecule has 1 aliphatic heterocycles. The Morgan fingerprint density at radius 2 is 1.50 bits per heavy atom. The summed E-state index contributed by atoms with van der Waals surface area (Å²) in [5.41, 5.74) is 1.34. The molecule has 0 radical (unpaired) electrons. The smallest absolute Gasteiger partial charge is 0.412 e. The number of ether oxygens (including phenoxy) is 2. The molecular formula is C33H52N2O4Si. The fraction of sp³-hybridized carbons (Fsp3) is 0.606. The molecule has 1 atom stereocenters. The van der Waals surface area contributed by atoms with Crippen LogP contribution in [0.4, 0.5) is 4.79 Å². The third kappa shape index (κ3) is 8.65. The molecule has 1 heterocycles. The van der Waals surface area contributed by atoms with Crippen molar-refractivity contribution < 1.29 is 18.7 Å². The second-order valence-corrected chi connectivity index (χ2v) is 18.6. The largest absolute Gasteiger partial charge is 0.448 e. The maximum absolute atomic E-state index is 13.5. The van der Waals surface area contributed by atoms with E-state index in [1.807, 2.05) is 39.8 Å². The lowest BCUT2D eigenvalue weighted by Gasteiger charge is -2.38. The Kier molecular flexibility index (Phi) is 10.7. The van der Waals surface area contributed by atoms with Gasteiger partial charge in [0.15, 0.2) is 8.32 Å². The Morgan fingerprint density at radius 3 is 1.95 bits per heavy atom. The lowest BCUT2D eigenvalue weighted by atomic mass is 10.0. The van der Waals surface area contributed by atoms with Gasteiger partial charge >= 0.3 is 6.09 Å². The molecule has 0 unspecified atom stereocenters. The second kappa shape index (κ2) is 13.2. The molecule has 3 rings (SSSR count). The molecule has 0 aliphatic carbocycles. The molecule has 0 N–H and O–H groups in total. The number of carbonyl (C=O) groups excluding carboxylic acids is 1. The van der Waals surface area contributed by atoms with E-state index in [0.29, 0.717) is 19.8 Å². The number of carbonyl (C=O) groups is 1. The minimum absolute atomic E-state index is 0.0297. The molecule has 0 saturated carbocycles. The zero-order chi connectivity index (χ0) is 29.6. The molecule has 0 aromatic heterocycles. The van der Waals surface area contributed by atoms with E-state index in [4.69, 9.17) is 13.9 Å². The first kappa shape index (κ1) is 32.3. The highest BCUT2D eigenvalue weighted by molar-refractivity contribution is 6.74. The van der Waals surface area contributed by atoms with E-state index >= 15 is 0 Å². The predicted octanol–water partition coefficient (Wildman–Crippen LogP) is 7.84. The van der Waals surface area contributed by atoms with Crippen LogP contribution in [0.2, 0.25) is 18.1 Å². The molecule has 222 valence electrons. The summed E-state index contributed by atoms with van der Waals surface area (Å²) >= 11 is 0. The van der Waals surface area contributed by atoms with Crippen LogP contribution in [-0.2, 0) is 27.0 Å². The minimum Gasteiger partial charge on any atom is -0.448 e. The molecule has 1 fully saturated rings. The number of benzene rings is 2. The lowest BCUT2D eigenvalue weighted by Crippen LogP contribution is -2.53. The van der Waals surface area contributed by atoms with Crippen LogP contribution < -0.4 is 0 Å². The molecule has 2 aromatic carbocycles. The van der Waals surface area contributed by atoms with E-state index in [9.17, 15) is 4.79 Å². The second-order valence-electron chi connectivity index (χ2n) is 13.7. The molecule has 1 aliphatic rings. The summed E-state index contributed by atoms with van der Waals surface area (Å²) in [5, 5.41) is 0.173. The van der Waals surface area contributed by atoms with Crippen LogP contribution in [0.25, 0.3) is 0 Å². The summed E-state index contributed by atoms with van der Waals surface area (Å²) in [6.45, 7) is 22.4. The Hall–Kier alpha value is -2.19. The average Bonchev–Trinajstić information content (AvgIpc) is 3.10. The molecule has 7 heteroatoms. The first-order chi connectivity index (χ1) is 18.6. The van der Waals surface area contributed by atoms with Gasteiger partial charge in [0.05, 0.1) is 12.1 Å². The summed E-state index contributed by atoms with van der Waals surface area (Å²) in [4.78, 5) is 17.7. The molecular weight excluding hydrogens is 516 g/mol. The third-order valence-corrected chi connectivity index (χ3v) is 13.0. The summed E-state index contributed by atoms with van der Waals surface area (Å²) in [5.74, 6) is 0. The van der Waals surface area contributed by atoms with E-state index in [0.717, 1.165) is 25.9 Å². The first-order valence-electron chi connectivity index (χ1n) is 14.7. The number of hydrogen-bond acceptors (Lipinski definition) is 5. The summed E-state index contributed by atoms with van der Waals surface area (Å²) < 4.78 is 18.6. The van der Waals surface area contributed by atoms with Gasteiger partial charge < -0.3 is 13.9 Å². The SMILES string of the molecule is CC1(C)COC(C)(C)N1C(=O)OC[C@H](CCCO[Si](C)(C)C(C)(C)C)N(Cc1ccccc1)Cc1ccccc1. The molecule has 0 spiro atoms. The summed E-state index contributed by atoms with van der Waals surface area (Å²) in [6, 6.07) is 21.1. The monoisotopic (exact) mass is 568 g/mol. The van der Waals surface area contributed by atoms with E-state index in [1.165, 1.54) is 11.1 Å². The maximum Gasteiger partial charge on any atom is 0.412 e. The van der Waals surface area contributed by atoms with Gasteiger partial charge in [0.25, 0.3) is 0 Å². The van der Waals surface area contributed by atoms with Crippen molar-refractivity contribution in [3.63, 3.8) is 0 Å². The Labute approximate surface area is 244 Å². The van der Waals surface area contributed by atoms with Gasteiger partial charge in [0.1, 0.15) is 12.3 Å². The lowest BCUT2D eigenvalue weighted by molar-refractivity contribution is -0.0555. The minimum atomic E-state index is -1.83. The quantitative estimate of drug-likeness (QED) is 0.193. The van der Waals surface area contributed by atoms with E-state index in [-0.39, 0.29) is 17.2 Å². The standard InChI is InChI=1S/C33H52N2O4Si/c1-31(2,3)40(8,9)39-22-16-21-29(25-37-30(36)35-32(4,5)26-38-33(35,6)7)34(23-27-17-12-10-13-18-27)24-28-19-14-11-15-20-28/h10-15,17-20,29H,16,21-26H2,1-9H3/t29-/m0/s1. The van der Waals surface area contributed by atoms with Crippen molar-refractivity contribution in [1.29, 1.82) is 0 Å². The van der Waals surface area contributed by atoms with Crippen LogP contribution in [0.15, 0.2) is 60.7 Å². The first-order valence-corrected chi connectivity index (χ1v) is 17.6. The van der Waals surface area contributed by atoms with Gasteiger partial charge in [0.2, 0.25) is 0 Å². The molecule has 1 saturated heterocycles. The topological polar surface area (TPSA) is 51.2 Å². The zero-order valence-electron chi connectivity index (χ0n) is 26.3. The van der Waals surface area contributed by atoms with Crippen LogP contribution in [0, 0.1) is 0 Å². The highest BCUT2D eigenvalue weighted by Gasteiger charge is 2.49. The molecule has 2 aromatic rings. The van der Waals surface area contributed by atoms with Crippen molar-refractivity contribution in [2.24, 2.45) is 0 Å². The van der Waals surface area contributed by atoms with Crippen molar-refractivity contribution in [2.75, 3.05) is 19.8 Å². The Bertz CT molecular complexity index is 1010. The fourth-order valence-electron chi connectivity index (χ4n) is 5.09. The van der Waals surface area contributed by atoms with Crippen molar-refractivity contribution in [3.8, 4) is 0 Å². The van der Waals surface area contributed by atoms with Gasteiger partial charge in [-0.1, -0.05) is 81.4 Å². The summed E-state index contributed by atoms with van der Waals surface area (Å²) in [6.07, 6.45) is 1.44. The van der Waals surface area contributed by atoms with Gasteiger partial charge in [0, 0.05) is 25.7 Å². The van der Waals surface area contributed by atoms with Gasteiger partial charge in [-0.2, -0.15) is 0 Å². The average molecular weight is 569 g/mol. The third-order valence-electron chi connectivity index (χ3n) is 8.43.